The molecule has 116 valence electrons. The minimum Gasteiger partial charge on any atom is -0.501 e. The molecule has 0 spiro atoms. The van der Waals surface area contributed by atoms with Crippen molar-refractivity contribution in [2.45, 2.75) is 65.2 Å². The van der Waals surface area contributed by atoms with Gasteiger partial charge in [0.2, 0.25) is 0 Å². The second kappa shape index (κ2) is 4.64. The average Bonchev–Trinajstić information content (AvgIpc) is 2.88. The van der Waals surface area contributed by atoms with E-state index in [1.54, 1.807) is 5.57 Å². The highest BCUT2D eigenvalue weighted by Gasteiger charge is 2.55. The van der Waals surface area contributed by atoms with Crippen molar-refractivity contribution in [3.05, 3.63) is 23.5 Å². The molecule has 21 heavy (non-hydrogen) atoms. The van der Waals surface area contributed by atoms with Crippen LogP contribution in [-0.2, 0) is 4.74 Å². The van der Waals surface area contributed by atoms with E-state index < -0.39 is 0 Å². The molecule has 2 saturated carbocycles. The molecule has 0 amide bonds. The Hall–Kier alpha value is -0.720. The summed E-state index contributed by atoms with van der Waals surface area (Å²) in [5.74, 6) is 4.07. The van der Waals surface area contributed by atoms with Crippen molar-refractivity contribution in [3.63, 3.8) is 0 Å². The summed E-state index contributed by atoms with van der Waals surface area (Å²) in [4.78, 5) is 0. The lowest BCUT2D eigenvalue weighted by Crippen LogP contribution is -2.47. The summed E-state index contributed by atoms with van der Waals surface area (Å²) in [6.07, 6.45) is 16.1. The lowest BCUT2D eigenvalue weighted by atomic mass is 9.49. The van der Waals surface area contributed by atoms with E-state index in [4.69, 9.17) is 4.74 Å². The molecule has 4 aliphatic rings. The van der Waals surface area contributed by atoms with Gasteiger partial charge in [0.1, 0.15) is 0 Å². The molecule has 0 radical (unpaired) electrons. The van der Waals surface area contributed by atoms with E-state index in [0.29, 0.717) is 10.8 Å². The molecule has 0 bridgehead atoms. The monoisotopic (exact) mass is 286 g/mol. The first-order valence-electron chi connectivity index (χ1n) is 9.02. The van der Waals surface area contributed by atoms with E-state index in [9.17, 15) is 0 Å². The summed E-state index contributed by atoms with van der Waals surface area (Å²) in [6.45, 7) is 5.14. The lowest BCUT2D eigenvalue weighted by molar-refractivity contribution is -0.0201. The van der Waals surface area contributed by atoms with Crippen LogP contribution in [0.5, 0.6) is 0 Å². The van der Waals surface area contributed by atoms with Crippen LogP contribution in [0.25, 0.3) is 0 Å². The van der Waals surface area contributed by atoms with Gasteiger partial charge in [0.25, 0.3) is 0 Å². The smallest absolute Gasteiger partial charge is 0.0958 e. The van der Waals surface area contributed by atoms with Crippen molar-refractivity contribution >= 4 is 0 Å². The number of hydrogen-bond acceptors (Lipinski definition) is 1. The van der Waals surface area contributed by atoms with E-state index in [1.807, 2.05) is 7.11 Å². The molecule has 1 heteroatoms. The first-order chi connectivity index (χ1) is 10.1. The fraction of sp³-hybridized carbons (Fsp3) is 0.800. The van der Waals surface area contributed by atoms with Crippen LogP contribution in [0.4, 0.5) is 0 Å². The summed E-state index contributed by atoms with van der Waals surface area (Å²) in [5, 5.41) is 0. The van der Waals surface area contributed by atoms with Gasteiger partial charge in [-0.2, -0.15) is 0 Å². The Balaban J connectivity index is 1.70. The molecular formula is C20H30O. The predicted molar refractivity (Wildman–Crippen MR) is 86.8 cm³/mol. The van der Waals surface area contributed by atoms with Gasteiger partial charge in [-0.25, -0.2) is 0 Å². The van der Waals surface area contributed by atoms with E-state index >= 15 is 0 Å². The summed E-state index contributed by atoms with van der Waals surface area (Å²) < 4.78 is 5.53. The first kappa shape index (κ1) is 13.9. The van der Waals surface area contributed by atoms with Crippen LogP contribution in [0.1, 0.15) is 65.2 Å². The van der Waals surface area contributed by atoms with Gasteiger partial charge in [-0.3, -0.25) is 0 Å². The Labute approximate surface area is 129 Å². The molecule has 0 aromatic heterocycles. The normalized spacial score (nSPS) is 48.6. The van der Waals surface area contributed by atoms with Crippen LogP contribution in [0.2, 0.25) is 0 Å². The lowest BCUT2D eigenvalue weighted by Gasteiger charge is -2.56. The summed E-state index contributed by atoms with van der Waals surface area (Å²) in [5.41, 5.74) is 2.69. The Morgan fingerprint density at radius 2 is 1.95 bits per heavy atom. The predicted octanol–water partition coefficient (Wildman–Crippen LogP) is 5.48. The third-order valence-corrected chi connectivity index (χ3v) is 7.78. The second-order valence-electron chi connectivity index (χ2n) is 8.59. The maximum Gasteiger partial charge on any atom is 0.0958 e. The molecule has 0 N–H and O–H groups in total. The maximum absolute atomic E-state index is 5.53. The molecule has 4 rings (SSSR count). The van der Waals surface area contributed by atoms with Crippen molar-refractivity contribution in [3.8, 4) is 0 Å². The third-order valence-electron chi connectivity index (χ3n) is 7.78. The largest absolute Gasteiger partial charge is 0.501 e. The molecule has 0 aromatic carbocycles. The maximum atomic E-state index is 5.53. The second-order valence-corrected chi connectivity index (χ2v) is 8.59. The van der Waals surface area contributed by atoms with Gasteiger partial charge < -0.3 is 4.74 Å². The van der Waals surface area contributed by atoms with Gasteiger partial charge in [-0.1, -0.05) is 26.3 Å². The molecule has 5 atom stereocenters. The van der Waals surface area contributed by atoms with Crippen LogP contribution in [0.15, 0.2) is 23.5 Å². The quantitative estimate of drug-likeness (QED) is 0.620. The van der Waals surface area contributed by atoms with E-state index in [-0.39, 0.29) is 0 Å². The van der Waals surface area contributed by atoms with Crippen LogP contribution >= 0.6 is 0 Å². The molecule has 0 saturated heterocycles. The van der Waals surface area contributed by atoms with Crippen LogP contribution < -0.4 is 0 Å². The summed E-state index contributed by atoms with van der Waals surface area (Å²) >= 11 is 0. The highest BCUT2D eigenvalue weighted by Crippen LogP contribution is 2.64. The standard InChI is InChI=1S/C20H30O/c1-19-10-4-5-17(19)16-7-6-14-13-15(21-3)8-12-20(14,2)18(16)9-11-19/h6,13,16-18H,4-5,7-12H2,1-3H3/t16-,17-,18-,19+,20-/m1/s1. The van der Waals surface area contributed by atoms with Crippen LogP contribution in [0, 0.1) is 28.6 Å². The number of ether oxygens (including phenoxy) is 1. The topological polar surface area (TPSA) is 9.23 Å². The fourth-order valence-electron chi connectivity index (χ4n) is 6.45. The number of allylic oxidation sites excluding steroid dienone is 4. The van der Waals surface area contributed by atoms with Gasteiger partial charge >= 0.3 is 0 Å². The number of rotatable bonds is 1. The molecule has 0 heterocycles. The molecular weight excluding hydrogens is 256 g/mol. The van der Waals surface area contributed by atoms with Crippen LogP contribution in [0.3, 0.4) is 0 Å². The summed E-state index contributed by atoms with van der Waals surface area (Å²) in [7, 11) is 1.82. The van der Waals surface area contributed by atoms with Crippen molar-refractivity contribution in [1.29, 1.82) is 0 Å². The zero-order chi connectivity index (χ0) is 14.7. The van der Waals surface area contributed by atoms with E-state index in [1.165, 1.54) is 50.7 Å². The van der Waals surface area contributed by atoms with Gasteiger partial charge in [0.15, 0.2) is 0 Å². The van der Waals surface area contributed by atoms with Crippen molar-refractivity contribution < 1.29 is 4.74 Å². The average molecular weight is 286 g/mol. The van der Waals surface area contributed by atoms with Gasteiger partial charge in [-0.05, 0) is 78.8 Å². The Morgan fingerprint density at radius 3 is 2.76 bits per heavy atom. The van der Waals surface area contributed by atoms with Crippen LogP contribution in [-0.4, -0.2) is 7.11 Å². The molecule has 4 aliphatic carbocycles. The highest BCUT2D eigenvalue weighted by atomic mass is 16.5. The van der Waals surface area contributed by atoms with E-state index in [2.05, 4.69) is 26.0 Å². The van der Waals surface area contributed by atoms with Crippen molar-refractivity contribution in [2.24, 2.45) is 28.6 Å². The Morgan fingerprint density at radius 1 is 1.10 bits per heavy atom. The van der Waals surface area contributed by atoms with Gasteiger partial charge in [-0.15, -0.1) is 0 Å². The van der Waals surface area contributed by atoms with Gasteiger partial charge in [0, 0.05) is 6.42 Å². The number of fused-ring (bicyclic) bond motifs is 5. The SMILES string of the molecule is COC1=CC2=CC[C@@H]3[C@H]4CCC[C@@]4(C)CC[C@H]3[C@]2(C)CC1. The molecule has 2 fully saturated rings. The highest BCUT2D eigenvalue weighted by molar-refractivity contribution is 5.35. The molecule has 0 unspecified atom stereocenters. The minimum absolute atomic E-state index is 0.425. The summed E-state index contributed by atoms with van der Waals surface area (Å²) in [6, 6.07) is 0. The number of hydrogen-bond donors (Lipinski definition) is 0. The number of methoxy groups -OCH3 is 1. The first-order valence-corrected chi connectivity index (χ1v) is 9.02. The third kappa shape index (κ3) is 1.88. The zero-order valence-corrected chi connectivity index (χ0v) is 14.0. The minimum atomic E-state index is 0.425. The van der Waals surface area contributed by atoms with Crippen molar-refractivity contribution in [2.75, 3.05) is 7.11 Å². The van der Waals surface area contributed by atoms with Crippen molar-refractivity contribution in [1.82, 2.24) is 0 Å². The fourth-order valence-corrected chi connectivity index (χ4v) is 6.45. The Bertz CT molecular complexity index is 502. The molecule has 0 aromatic rings. The van der Waals surface area contributed by atoms with Gasteiger partial charge in [0.05, 0.1) is 12.9 Å². The Kier molecular flexibility index (Phi) is 3.07. The molecule has 1 nitrogen and oxygen atoms in total. The van der Waals surface area contributed by atoms with E-state index in [0.717, 1.165) is 24.2 Å². The molecule has 0 aliphatic heterocycles. The zero-order valence-electron chi connectivity index (χ0n) is 14.0.